The molecule has 2 aromatic heterocycles. The van der Waals surface area contributed by atoms with E-state index in [4.69, 9.17) is 4.98 Å². The predicted octanol–water partition coefficient (Wildman–Crippen LogP) is 4.18. The van der Waals surface area contributed by atoms with Crippen molar-refractivity contribution >= 4 is 17.3 Å². The van der Waals surface area contributed by atoms with Crippen LogP contribution in [0.25, 0.3) is 5.52 Å². The summed E-state index contributed by atoms with van der Waals surface area (Å²) in [5, 5.41) is 0. The third kappa shape index (κ3) is 3.60. The molecule has 3 aromatic rings. The van der Waals surface area contributed by atoms with Gasteiger partial charge in [-0.15, -0.1) is 0 Å². The van der Waals surface area contributed by atoms with Gasteiger partial charge in [0.15, 0.2) is 5.69 Å². The molecule has 0 N–H and O–H groups in total. The summed E-state index contributed by atoms with van der Waals surface area (Å²) in [6, 6.07) is 15.1. The van der Waals surface area contributed by atoms with E-state index in [1.54, 1.807) is 0 Å². The van der Waals surface area contributed by atoms with Crippen LogP contribution < -0.4 is 0 Å². The first-order chi connectivity index (χ1) is 15.1. The average molecular weight is 417 g/mol. The molecule has 5 rings (SSSR count). The fraction of sp³-hybridized carbons (Fsp3) is 0.400. The predicted molar refractivity (Wildman–Crippen MR) is 119 cm³/mol. The smallest absolute Gasteiger partial charge is 0.274 e. The van der Waals surface area contributed by atoms with Gasteiger partial charge >= 0.3 is 0 Å². The first kappa shape index (κ1) is 19.8. The number of aromatic nitrogens is 2. The van der Waals surface area contributed by atoms with Gasteiger partial charge in [-0.3, -0.25) is 9.59 Å². The zero-order chi connectivity index (χ0) is 21.4. The number of carbonyl (C=O) groups excluding carboxylic acids is 2. The monoisotopic (exact) mass is 416 g/mol. The molecule has 2 amide bonds. The highest BCUT2D eigenvalue weighted by molar-refractivity contribution is 5.99. The molecule has 4 heterocycles. The number of pyridine rings is 1. The number of hydrogen-bond donors (Lipinski definition) is 0. The van der Waals surface area contributed by atoms with Crippen LogP contribution in [-0.2, 0) is 0 Å². The van der Waals surface area contributed by atoms with Gasteiger partial charge in [0.05, 0.1) is 11.6 Å². The molecule has 2 saturated heterocycles. The summed E-state index contributed by atoms with van der Waals surface area (Å²) in [7, 11) is 0. The number of amides is 2. The first-order valence-corrected chi connectivity index (χ1v) is 11.3. The van der Waals surface area contributed by atoms with Gasteiger partial charge in [-0.25, -0.2) is 4.98 Å². The highest BCUT2D eigenvalue weighted by Gasteiger charge is 2.35. The van der Waals surface area contributed by atoms with Crippen LogP contribution >= 0.6 is 0 Å². The van der Waals surface area contributed by atoms with Crippen LogP contribution in [-0.4, -0.2) is 50.6 Å². The van der Waals surface area contributed by atoms with E-state index < -0.39 is 0 Å². The summed E-state index contributed by atoms with van der Waals surface area (Å²) in [6.07, 6.45) is 5.93. The van der Waals surface area contributed by atoms with Gasteiger partial charge in [0.25, 0.3) is 11.8 Å². The molecule has 0 radical (unpaired) electrons. The molecule has 2 aliphatic heterocycles. The Morgan fingerprint density at radius 1 is 0.935 bits per heavy atom. The largest absolute Gasteiger partial charge is 0.337 e. The number of fused-ring (bicyclic) bond motifs is 1. The third-order valence-electron chi connectivity index (χ3n) is 6.55. The van der Waals surface area contributed by atoms with Crippen molar-refractivity contribution in [1.29, 1.82) is 0 Å². The molecule has 2 atom stereocenters. The van der Waals surface area contributed by atoms with Crippen LogP contribution in [0.2, 0.25) is 0 Å². The lowest BCUT2D eigenvalue weighted by molar-refractivity contribution is 0.0679. The van der Waals surface area contributed by atoms with E-state index in [0.717, 1.165) is 50.1 Å². The number of hydrogen-bond acceptors (Lipinski definition) is 3. The SMILES string of the molecule is C[C@@H]1CCCN(C(=O)c2nc([C@H]3CCCN3C(=O)c3ccccc3)n3ccccc23)C1. The van der Waals surface area contributed by atoms with Crippen molar-refractivity contribution in [1.82, 2.24) is 19.2 Å². The summed E-state index contributed by atoms with van der Waals surface area (Å²) < 4.78 is 2.00. The molecule has 6 nitrogen and oxygen atoms in total. The molecule has 2 aliphatic rings. The van der Waals surface area contributed by atoms with Crippen molar-refractivity contribution in [3.05, 3.63) is 71.8 Å². The molecule has 6 heteroatoms. The maximum Gasteiger partial charge on any atom is 0.274 e. The van der Waals surface area contributed by atoms with Gasteiger partial charge in [0, 0.05) is 31.4 Å². The number of likely N-dealkylation sites (tertiary alicyclic amines) is 2. The fourth-order valence-corrected chi connectivity index (χ4v) is 5.00. The first-order valence-electron chi connectivity index (χ1n) is 11.3. The second-order valence-electron chi connectivity index (χ2n) is 8.80. The molecular weight excluding hydrogens is 388 g/mol. The minimum absolute atomic E-state index is 0.000401. The number of carbonyl (C=O) groups is 2. The van der Waals surface area contributed by atoms with Crippen molar-refractivity contribution in [2.45, 2.75) is 38.6 Å². The quantitative estimate of drug-likeness (QED) is 0.643. The van der Waals surface area contributed by atoms with E-state index in [2.05, 4.69) is 6.92 Å². The maximum atomic E-state index is 13.4. The van der Waals surface area contributed by atoms with E-state index in [1.165, 1.54) is 0 Å². The molecule has 0 bridgehead atoms. The number of imidazole rings is 1. The van der Waals surface area contributed by atoms with E-state index in [0.29, 0.717) is 23.7 Å². The minimum Gasteiger partial charge on any atom is -0.337 e. The molecule has 2 fully saturated rings. The Labute approximate surface area is 182 Å². The van der Waals surface area contributed by atoms with Crippen LogP contribution in [0.4, 0.5) is 0 Å². The van der Waals surface area contributed by atoms with E-state index in [9.17, 15) is 9.59 Å². The lowest BCUT2D eigenvalue weighted by Crippen LogP contribution is -2.39. The summed E-state index contributed by atoms with van der Waals surface area (Å²) in [6.45, 7) is 4.46. The normalized spacial score (nSPS) is 21.6. The molecule has 0 saturated carbocycles. The summed E-state index contributed by atoms with van der Waals surface area (Å²) in [5.74, 6) is 1.32. The third-order valence-corrected chi connectivity index (χ3v) is 6.55. The van der Waals surface area contributed by atoms with E-state index in [1.807, 2.05) is 68.9 Å². The van der Waals surface area contributed by atoms with Crippen molar-refractivity contribution < 1.29 is 9.59 Å². The molecule has 31 heavy (non-hydrogen) atoms. The Morgan fingerprint density at radius 3 is 2.52 bits per heavy atom. The highest BCUT2D eigenvalue weighted by atomic mass is 16.2. The topological polar surface area (TPSA) is 57.9 Å². The van der Waals surface area contributed by atoms with Gasteiger partial charge in [0.1, 0.15) is 5.82 Å². The Hall–Kier alpha value is -3.15. The minimum atomic E-state index is -0.135. The van der Waals surface area contributed by atoms with Crippen molar-refractivity contribution in [2.24, 2.45) is 5.92 Å². The summed E-state index contributed by atoms with van der Waals surface area (Å²) >= 11 is 0. The Kier molecular flexibility index (Phi) is 5.22. The molecule has 0 spiro atoms. The van der Waals surface area contributed by atoms with Crippen LogP contribution in [0, 0.1) is 5.92 Å². The average Bonchev–Trinajstić information content (AvgIpc) is 3.43. The second kappa shape index (κ2) is 8.17. The lowest BCUT2D eigenvalue weighted by atomic mass is 10.00. The zero-order valence-electron chi connectivity index (χ0n) is 17.9. The van der Waals surface area contributed by atoms with Crippen molar-refractivity contribution in [3.8, 4) is 0 Å². The van der Waals surface area contributed by atoms with Crippen molar-refractivity contribution in [2.75, 3.05) is 19.6 Å². The van der Waals surface area contributed by atoms with Gasteiger partial charge < -0.3 is 14.2 Å². The number of rotatable bonds is 3. The lowest BCUT2D eigenvalue weighted by Gasteiger charge is -2.30. The maximum absolute atomic E-state index is 13.4. The zero-order valence-corrected chi connectivity index (χ0v) is 17.9. The van der Waals surface area contributed by atoms with Gasteiger partial charge in [-0.2, -0.15) is 0 Å². The van der Waals surface area contributed by atoms with Crippen LogP contribution in [0.1, 0.15) is 65.3 Å². The molecule has 160 valence electrons. The van der Waals surface area contributed by atoms with E-state index in [-0.39, 0.29) is 17.9 Å². The van der Waals surface area contributed by atoms with Gasteiger partial charge in [0.2, 0.25) is 0 Å². The fourth-order valence-electron chi connectivity index (χ4n) is 5.00. The second-order valence-corrected chi connectivity index (χ2v) is 8.80. The van der Waals surface area contributed by atoms with Gasteiger partial charge in [-0.05, 0) is 55.9 Å². The van der Waals surface area contributed by atoms with E-state index >= 15 is 0 Å². The van der Waals surface area contributed by atoms with Crippen molar-refractivity contribution in [3.63, 3.8) is 0 Å². The van der Waals surface area contributed by atoms with Crippen LogP contribution in [0.5, 0.6) is 0 Å². The Bertz CT molecular complexity index is 1110. The molecule has 0 unspecified atom stereocenters. The summed E-state index contributed by atoms with van der Waals surface area (Å²) in [5.41, 5.74) is 2.01. The van der Waals surface area contributed by atoms with Crippen LogP contribution in [0.3, 0.4) is 0 Å². The number of benzene rings is 1. The molecule has 0 aliphatic carbocycles. The Morgan fingerprint density at radius 2 is 1.71 bits per heavy atom. The highest BCUT2D eigenvalue weighted by Crippen LogP contribution is 2.34. The standard InChI is InChI=1S/C25H28N4O2/c1-18-9-7-14-27(17-18)25(31)22-20-12-5-6-15-28(20)23(26-22)21-13-8-16-29(21)24(30)19-10-3-2-4-11-19/h2-6,10-12,15,18,21H,7-9,13-14,16-17H2,1H3/t18-,21-/m1/s1. The van der Waals surface area contributed by atoms with Crippen LogP contribution in [0.15, 0.2) is 54.7 Å². The number of nitrogens with zero attached hydrogens (tertiary/aromatic N) is 4. The number of piperidine rings is 1. The summed E-state index contributed by atoms with van der Waals surface area (Å²) in [4.78, 5) is 35.3. The molecule has 1 aromatic carbocycles. The Balaban J connectivity index is 1.51. The van der Waals surface area contributed by atoms with Gasteiger partial charge in [-0.1, -0.05) is 31.2 Å². The molecular formula is C25H28N4O2.